The Bertz CT molecular complexity index is 1070. The summed E-state index contributed by atoms with van der Waals surface area (Å²) in [6.07, 6.45) is -1.12. The molecule has 3 amide bonds. The molecule has 9 nitrogen and oxygen atoms in total. The Morgan fingerprint density at radius 1 is 1.09 bits per heavy atom. The van der Waals surface area contributed by atoms with Crippen molar-refractivity contribution in [2.24, 2.45) is 5.92 Å². The summed E-state index contributed by atoms with van der Waals surface area (Å²) in [4.78, 5) is 50.1. The van der Waals surface area contributed by atoms with Crippen LogP contribution in [0.2, 0.25) is 5.02 Å². The van der Waals surface area contributed by atoms with Gasteiger partial charge in [-0.3, -0.25) is 19.2 Å². The van der Waals surface area contributed by atoms with E-state index < -0.39 is 23.9 Å². The number of hydrogen-bond donors (Lipinski definition) is 2. The van der Waals surface area contributed by atoms with Gasteiger partial charge in [0, 0.05) is 36.3 Å². The Labute approximate surface area is 196 Å². The monoisotopic (exact) mass is 473 g/mol. The second kappa shape index (κ2) is 10.4. The van der Waals surface area contributed by atoms with Crippen LogP contribution in [0, 0.1) is 5.92 Å². The molecule has 0 bridgehead atoms. The van der Waals surface area contributed by atoms with Crippen molar-refractivity contribution in [1.82, 2.24) is 0 Å². The van der Waals surface area contributed by atoms with Crippen molar-refractivity contribution < 1.29 is 28.7 Å². The third-order valence-corrected chi connectivity index (χ3v) is 5.26. The standard InChI is InChI=1S/C23H24ClN3O6/c1-13(22(30)26-18-7-5-17(6-8-18)25-14(2)28)33-23(31)15-10-21(29)27(12-15)19-11-16(24)4-9-20(19)32-3/h4-9,11,13,15H,10,12H2,1-3H3,(H,25,28)(H,26,30)/t13-,15-/m0/s1. The van der Waals surface area contributed by atoms with Gasteiger partial charge in [-0.1, -0.05) is 11.6 Å². The van der Waals surface area contributed by atoms with Gasteiger partial charge in [0.25, 0.3) is 5.91 Å². The van der Waals surface area contributed by atoms with Crippen molar-refractivity contribution in [2.45, 2.75) is 26.4 Å². The van der Waals surface area contributed by atoms with Crippen LogP contribution in [0.15, 0.2) is 42.5 Å². The third-order valence-electron chi connectivity index (χ3n) is 5.03. The first-order valence-electron chi connectivity index (χ1n) is 10.2. The summed E-state index contributed by atoms with van der Waals surface area (Å²) in [5, 5.41) is 5.70. The highest BCUT2D eigenvalue weighted by atomic mass is 35.5. The molecule has 2 N–H and O–H groups in total. The van der Waals surface area contributed by atoms with Gasteiger partial charge in [-0.15, -0.1) is 0 Å². The van der Waals surface area contributed by atoms with Crippen LogP contribution in [0.25, 0.3) is 0 Å². The Kier molecular flexibility index (Phi) is 7.55. The molecule has 0 radical (unpaired) electrons. The lowest BCUT2D eigenvalue weighted by molar-refractivity contribution is -0.157. The normalized spacial score (nSPS) is 16.2. The molecule has 174 valence electrons. The number of anilines is 3. The Balaban J connectivity index is 1.58. The zero-order valence-corrected chi connectivity index (χ0v) is 19.1. The number of ether oxygens (including phenoxy) is 2. The number of carbonyl (C=O) groups excluding carboxylic acids is 4. The molecule has 3 rings (SSSR count). The van der Waals surface area contributed by atoms with Gasteiger partial charge in [-0.25, -0.2) is 0 Å². The van der Waals surface area contributed by atoms with Gasteiger partial charge in [-0.2, -0.15) is 0 Å². The Morgan fingerprint density at radius 3 is 2.33 bits per heavy atom. The van der Waals surface area contributed by atoms with E-state index in [0.29, 0.717) is 27.8 Å². The number of esters is 1. The van der Waals surface area contributed by atoms with Crippen LogP contribution in [-0.2, 0) is 23.9 Å². The van der Waals surface area contributed by atoms with E-state index in [4.69, 9.17) is 21.1 Å². The first kappa shape index (κ1) is 24.1. The lowest BCUT2D eigenvalue weighted by Gasteiger charge is -2.20. The molecule has 1 aliphatic rings. The zero-order chi connectivity index (χ0) is 24.1. The van der Waals surface area contributed by atoms with Crippen molar-refractivity contribution in [2.75, 3.05) is 29.2 Å². The van der Waals surface area contributed by atoms with Gasteiger partial charge in [-0.05, 0) is 49.4 Å². The summed E-state index contributed by atoms with van der Waals surface area (Å²) in [5.74, 6) is -1.91. The van der Waals surface area contributed by atoms with Crippen LogP contribution in [0.5, 0.6) is 5.75 Å². The van der Waals surface area contributed by atoms with Crippen molar-refractivity contribution >= 4 is 52.4 Å². The minimum Gasteiger partial charge on any atom is -0.495 e. The maximum absolute atomic E-state index is 12.6. The van der Waals surface area contributed by atoms with Crippen LogP contribution in [0.3, 0.4) is 0 Å². The highest BCUT2D eigenvalue weighted by molar-refractivity contribution is 6.31. The fourth-order valence-corrected chi connectivity index (χ4v) is 3.55. The first-order valence-corrected chi connectivity index (χ1v) is 10.6. The number of benzene rings is 2. The van der Waals surface area contributed by atoms with Gasteiger partial charge in [0.15, 0.2) is 6.10 Å². The number of amides is 3. The van der Waals surface area contributed by atoms with Crippen LogP contribution in [-0.4, -0.2) is 43.4 Å². The SMILES string of the molecule is COc1ccc(Cl)cc1N1C[C@@H](C(=O)O[C@@H](C)C(=O)Nc2ccc(NC(C)=O)cc2)CC1=O. The summed E-state index contributed by atoms with van der Waals surface area (Å²) >= 11 is 6.05. The fourth-order valence-electron chi connectivity index (χ4n) is 3.38. The molecular weight excluding hydrogens is 450 g/mol. The summed E-state index contributed by atoms with van der Waals surface area (Å²) in [5.41, 5.74) is 1.54. The topological polar surface area (TPSA) is 114 Å². The Hall–Kier alpha value is -3.59. The van der Waals surface area contributed by atoms with E-state index >= 15 is 0 Å². The number of nitrogens with one attached hydrogen (secondary N) is 2. The maximum Gasteiger partial charge on any atom is 0.312 e. The molecule has 2 atom stereocenters. The number of carbonyl (C=O) groups is 4. The smallest absolute Gasteiger partial charge is 0.312 e. The van der Waals surface area contributed by atoms with Crippen LogP contribution in [0.4, 0.5) is 17.1 Å². The van der Waals surface area contributed by atoms with Crippen LogP contribution >= 0.6 is 11.6 Å². The van der Waals surface area contributed by atoms with E-state index in [2.05, 4.69) is 10.6 Å². The average Bonchev–Trinajstić information content (AvgIpc) is 3.16. The van der Waals surface area contributed by atoms with E-state index in [9.17, 15) is 19.2 Å². The molecule has 1 fully saturated rings. The summed E-state index contributed by atoms with van der Waals surface area (Å²) in [6, 6.07) is 11.4. The van der Waals surface area contributed by atoms with Gasteiger partial charge in [0.2, 0.25) is 11.8 Å². The molecule has 33 heavy (non-hydrogen) atoms. The molecule has 10 heteroatoms. The number of hydrogen-bond acceptors (Lipinski definition) is 6. The fraction of sp³-hybridized carbons (Fsp3) is 0.304. The second-order valence-electron chi connectivity index (χ2n) is 7.55. The van der Waals surface area contributed by atoms with Crippen LogP contribution < -0.4 is 20.3 Å². The average molecular weight is 474 g/mol. The summed E-state index contributed by atoms with van der Waals surface area (Å²) in [6.45, 7) is 2.94. The lowest BCUT2D eigenvalue weighted by Crippen LogP contribution is -2.33. The highest BCUT2D eigenvalue weighted by Gasteiger charge is 2.38. The van der Waals surface area contributed by atoms with E-state index in [0.717, 1.165) is 0 Å². The van der Waals surface area contributed by atoms with Gasteiger partial charge in [0.05, 0.1) is 18.7 Å². The van der Waals surface area contributed by atoms with E-state index in [-0.39, 0.29) is 24.8 Å². The molecule has 0 unspecified atom stereocenters. The van der Waals surface area contributed by atoms with Crippen molar-refractivity contribution in [3.05, 3.63) is 47.5 Å². The zero-order valence-electron chi connectivity index (χ0n) is 18.4. The quantitative estimate of drug-likeness (QED) is 0.597. The largest absolute Gasteiger partial charge is 0.495 e. The minimum absolute atomic E-state index is 0.0482. The van der Waals surface area contributed by atoms with Gasteiger partial charge in [0.1, 0.15) is 5.75 Å². The molecule has 0 saturated carbocycles. The second-order valence-corrected chi connectivity index (χ2v) is 7.98. The molecule has 1 heterocycles. The summed E-state index contributed by atoms with van der Waals surface area (Å²) in [7, 11) is 1.48. The molecule has 0 spiro atoms. The predicted octanol–water partition coefficient (Wildman–Crippen LogP) is 3.23. The first-order chi connectivity index (χ1) is 15.7. The van der Waals surface area contributed by atoms with Gasteiger partial charge < -0.3 is 25.0 Å². The molecular formula is C23H24ClN3O6. The minimum atomic E-state index is -1.07. The molecule has 1 aliphatic heterocycles. The molecule has 2 aromatic carbocycles. The predicted molar refractivity (Wildman–Crippen MR) is 123 cm³/mol. The van der Waals surface area contributed by atoms with E-state index in [1.807, 2.05) is 0 Å². The van der Waals surface area contributed by atoms with Crippen LogP contribution in [0.1, 0.15) is 20.3 Å². The molecule has 2 aromatic rings. The number of methoxy groups -OCH3 is 1. The lowest BCUT2D eigenvalue weighted by atomic mass is 10.1. The third kappa shape index (κ3) is 6.01. The summed E-state index contributed by atoms with van der Waals surface area (Å²) < 4.78 is 10.6. The number of nitrogens with zero attached hydrogens (tertiary/aromatic N) is 1. The van der Waals surface area contributed by atoms with E-state index in [1.165, 1.54) is 25.9 Å². The molecule has 0 aromatic heterocycles. The highest BCUT2D eigenvalue weighted by Crippen LogP contribution is 2.35. The van der Waals surface area contributed by atoms with E-state index in [1.54, 1.807) is 42.5 Å². The molecule has 0 aliphatic carbocycles. The van der Waals surface area contributed by atoms with Gasteiger partial charge >= 0.3 is 5.97 Å². The van der Waals surface area contributed by atoms with Crippen molar-refractivity contribution in [3.63, 3.8) is 0 Å². The number of halogens is 1. The molecule has 1 saturated heterocycles. The van der Waals surface area contributed by atoms with Crippen molar-refractivity contribution in [1.29, 1.82) is 0 Å². The van der Waals surface area contributed by atoms with Crippen molar-refractivity contribution in [3.8, 4) is 5.75 Å². The maximum atomic E-state index is 12.6. The Morgan fingerprint density at radius 2 is 1.73 bits per heavy atom. The number of rotatable bonds is 7.